The summed E-state index contributed by atoms with van der Waals surface area (Å²) in [5, 5.41) is 0. The van der Waals surface area contributed by atoms with Gasteiger partial charge in [-0.1, -0.05) is 27.7 Å². The molecule has 0 aromatic heterocycles. The van der Waals surface area contributed by atoms with E-state index in [1.165, 1.54) is 0 Å². The molecule has 2 N–H and O–H groups in total. The molecule has 62 valence electrons. The first kappa shape index (κ1) is 12.4. The predicted molar refractivity (Wildman–Crippen MR) is 45.1 cm³/mol. The number of amides is 1. The number of hydrogen-bond donors (Lipinski definition) is 1. The maximum Gasteiger partial charge on any atom is 0.220 e. The number of hydrogen-bond acceptors (Lipinski definition) is 1. The molecule has 0 saturated carbocycles. The lowest BCUT2D eigenvalue weighted by Gasteiger charge is -2.23. The minimum Gasteiger partial charge on any atom is -0.369 e. The largest absolute Gasteiger partial charge is 0.369 e. The van der Waals surface area contributed by atoms with Crippen LogP contribution in [0.25, 0.3) is 0 Å². The Bertz CT molecular complexity index is 117. The Kier molecular flexibility index (Phi) is 4.74. The molecule has 0 saturated heterocycles. The van der Waals surface area contributed by atoms with Crippen molar-refractivity contribution in [2.24, 2.45) is 17.1 Å². The Morgan fingerprint density at radius 3 is 1.70 bits per heavy atom. The summed E-state index contributed by atoms with van der Waals surface area (Å²) in [5.74, 6) is -0.264. The van der Waals surface area contributed by atoms with Crippen LogP contribution in [0.1, 0.15) is 27.7 Å². The third kappa shape index (κ3) is 3.72. The molecule has 3 heteroatoms. The van der Waals surface area contributed by atoms with Crippen LogP contribution in [0.15, 0.2) is 0 Å². The van der Waals surface area contributed by atoms with Gasteiger partial charge in [-0.25, -0.2) is 0 Å². The molecule has 0 aliphatic carbocycles. The quantitative estimate of drug-likeness (QED) is 0.630. The number of carbonyl (C=O) groups excluding carboxylic acids is 1. The molecule has 0 aliphatic rings. The molecular formula is C7H16ClNO. The first-order valence-electron chi connectivity index (χ1n) is 3.15. The van der Waals surface area contributed by atoms with E-state index in [4.69, 9.17) is 5.73 Å². The van der Waals surface area contributed by atoms with Crippen molar-refractivity contribution in [1.82, 2.24) is 0 Å². The molecule has 2 nitrogen and oxygen atoms in total. The highest BCUT2D eigenvalue weighted by Gasteiger charge is 2.24. The number of carbonyl (C=O) groups is 1. The molecular weight excluding hydrogens is 150 g/mol. The Morgan fingerprint density at radius 1 is 1.40 bits per heavy atom. The third-order valence-corrected chi connectivity index (χ3v) is 1.73. The van der Waals surface area contributed by atoms with Gasteiger partial charge in [-0.15, -0.1) is 12.4 Å². The van der Waals surface area contributed by atoms with Crippen molar-refractivity contribution < 1.29 is 4.79 Å². The van der Waals surface area contributed by atoms with Crippen molar-refractivity contribution in [2.45, 2.75) is 27.7 Å². The second-order valence-electron chi connectivity index (χ2n) is 3.49. The van der Waals surface area contributed by atoms with Crippen molar-refractivity contribution in [3.8, 4) is 0 Å². The summed E-state index contributed by atoms with van der Waals surface area (Å²) in [7, 11) is 0. The highest BCUT2D eigenvalue weighted by atomic mass is 35.5. The van der Waals surface area contributed by atoms with Gasteiger partial charge in [-0.2, -0.15) is 0 Å². The van der Waals surface area contributed by atoms with Crippen LogP contribution in [0, 0.1) is 11.3 Å². The SMILES string of the molecule is CC(C(N)=O)C(C)(C)C.Cl. The molecule has 10 heavy (non-hydrogen) atoms. The van der Waals surface area contributed by atoms with Crippen LogP contribution in [0.3, 0.4) is 0 Å². The summed E-state index contributed by atoms with van der Waals surface area (Å²) in [6.07, 6.45) is 0. The summed E-state index contributed by atoms with van der Waals surface area (Å²) in [6.45, 7) is 7.86. The van der Waals surface area contributed by atoms with Crippen LogP contribution in [0.2, 0.25) is 0 Å². The number of rotatable bonds is 1. The monoisotopic (exact) mass is 165 g/mol. The minimum atomic E-state index is -0.220. The van der Waals surface area contributed by atoms with E-state index < -0.39 is 0 Å². The van der Waals surface area contributed by atoms with E-state index in [-0.39, 0.29) is 29.6 Å². The summed E-state index contributed by atoms with van der Waals surface area (Å²) in [4.78, 5) is 10.6. The third-order valence-electron chi connectivity index (χ3n) is 1.73. The highest BCUT2D eigenvalue weighted by molar-refractivity contribution is 5.85. The normalized spacial score (nSPS) is 13.6. The van der Waals surface area contributed by atoms with Crippen LogP contribution >= 0.6 is 12.4 Å². The zero-order valence-corrected chi connectivity index (χ0v) is 7.79. The van der Waals surface area contributed by atoms with Crippen LogP contribution in [-0.4, -0.2) is 5.91 Å². The molecule has 0 aliphatic heterocycles. The predicted octanol–water partition coefficient (Wildman–Crippen LogP) is 1.58. The summed E-state index contributed by atoms with van der Waals surface area (Å²) >= 11 is 0. The maximum atomic E-state index is 10.6. The summed E-state index contributed by atoms with van der Waals surface area (Å²) in [5.41, 5.74) is 5.09. The van der Waals surface area contributed by atoms with Gasteiger partial charge in [0.2, 0.25) is 5.91 Å². The Labute approximate surface area is 68.6 Å². The first-order chi connectivity index (χ1) is 3.85. The van der Waals surface area contributed by atoms with Gasteiger partial charge >= 0.3 is 0 Å². The minimum absolute atomic E-state index is 0. The fourth-order valence-electron chi connectivity index (χ4n) is 0.427. The average molecular weight is 166 g/mol. The van der Waals surface area contributed by atoms with Crippen LogP contribution in [-0.2, 0) is 4.79 Å². The summed E-state index contributed by atoms with van der Waals surface area (Å²) < 4.78 is 0. The van der Waals surface area contributed by atoms with Gasteiger partial charge in [0.1, 0.15) is 0 Å². The molecule has 0 radical (unpaired) electrons. The number of primary amides is 1. The van der Waals surface area contributed by atoms with E-state index in [0.29, 0.717) is 0 Å². The maximum absolute atomic E-state index is 10.6. The van der Waals surface area contributed by atoms with Crippen molar-refractivity contribution in [2.75, 3.05) is 0 Å². The van der Waals surface area contributed by atoms with E-state index in [1.807, 2.05) is 27.7 Å². The molecule has 0 aromatic carbocycles. The van der Waals surface area contributed by atoms with Gasteiger partial charge in [0.05, 0.1) is 0 Å². The van der Waals surface area contributed by atoms with Crippen molar-refractivity contribution in [3.63, 3.8) is 0 Å². The molecule has 0 fully saturated rings. The van der Waals surface area contributed by atoms with Gasteiger partial charge in [0, 0.05) is 5.92 Å². The van der Waals surface area contributed by atoms with E-state index in [0.717, 1.165) is 0 Å². The van der Waals surface area contributed by atoms with E-state index in [2.05, 4.69) is 0 Å². The van der Waals surface area contributed by atoms with Crippen LogP contribution in [0.5, 0.6) is 0 Å². The molecule has 0 heterocycles. The highest BCUT2D eigenvalue weighted by Crippen LogP contribution is 2.24. The zero-order chi connectivity index (χ0) is 7.65. The molecule has 1 atom stereocenters. The van der Waals surface area contributed by atoms with Crippen LogP contribution < -0.4 is 5.73 Å². The molecule has 1 amide bonds. The van der Waals surface area contributed by atoms with Crippen molar-refractivity contribution in [1.29, 1.82) is 0 Å². The Morgan fingerprint density at radius 2 is 1.70 bits per heavy atom. The second kappa shape index (κ2) is 3.81. The number of nitrogens with two attached hydrogens (primary N) is 1. The fraction of sp³-hybridized carbons (Fsp3) is 0.857. The van der Waals surface area contributed by atoms with Gasteiger partial charge < -0.3 is 5.73 Å². The molecule has 1 unspecified atom stereocenters. The van der Waals surface area contributed by atoms with Crippen molar-refractivity contribution in [3.05, 3.63) is 0 Å². The van der Waals surface area contributed by atoms with Crippen molar-refractivity contribution >= 4 is 18.3 Å². The lowest BCUT2D eigenvalue weighted by molar-refractivity contribution is -0.124. The lowest BCUT2D eigenvalue weighted by Crippen LogP contribution is -2.31. The van der Waals surface area contributed by atoms with Gasteiger partial charge in [0.15, 0.2) is 0 Å². The smallest absolute Gasteiger partial charge is 0.220 e. The second-order valence-corrected chi connectivity index (χ2v) is 3.49. The van der Waals surface area contributed by atoms with E-state index >= 15 is 0 Å². The number of halogens is 1. The Balaban J connectivity index is 0. The zero-order valence-electron chi connectivity index (χ0n) is 6.97. The van der Waals surface area contributed by atoms with E-state index in [1.54, 1.807) is 0 Å². The lowest BCUT2D eigenvalue weighted by atomic mass is 9.82. The van der Waals surface area contributed by atoms with Crippen LogP contribution in [0.4, 0.5) is 0 Å². The van der Waals surface area contributed by atoms with Gasteiger partial charge in [0.25, 0.3) is 0 Å². The molecule has 0 aromatic rings. The van der Waals surface area contributed by atoms with Gasteiger partial charge in [-0.3, -0.25) is 4.79 Å². The molecule has 0 spiro atoms. The standard InChI is InChI=1S/C7H15NO.ClH/c1-5(6(8)9)7(2,3)4;/h5H,1-4H3,(H2,8,9);1H. The summed E-state index contributed by atoms with van der Waals surface area (Å²) in [6, 6.07) is 0. The van der Waals surface area contributed by atoms with Gasteiger partial charge in [-0.05, 0) is 5.41 Å². The average Bonchev–Trinajstić information content (AvgIpc) is 1.62. The molecule has 0 bridgehead atoms. The first-order valence-corrected chi connectivity index (χ1v) is 3.15. The fourth-order valence-corrected chi connectivity index (χ4v) is 0.427. The van der Waals surface area contributed by atoms with E-state index in [9.17, 15) is 4.79 Å². The Hall–Kier alpha value is -0.240. The topological polar surface area (TPSA) is 43.1 Å². The molecule has 0 rings (SSSR count).